The van der Waals surface area contributed by atoms with Gasteiger partial charge in [0.1, 0.15) is 5.65 Å². The highest BCUT2D eigenvalue weighted by atomic mass is 16.3. The first kappa shape index (κ1) is 13.3. The van der Waals surface area contributed by atoms with Gasteiger partial charge in [0.15, 0.2) is 0 Å². The Hall–Kier alpha value is -2.66. The van der Waals surface area contributed by atoms with E-state index < -0.39 is 5.91 Å². The maximum absolute atomic E-state index is 11.3. The molecule has 1 amide bonds. The zero-order valence-electron chi connectivity index (χ0n) is 11.6. The van der Waals surface area contributed by atoms with Crippen LogP contribution >= 0.6 is 0 Å². The minimum absolute atomic E-state index is 0.174. The number of rotatable bonds is 3. The van der Waals surface area contributed by atoms with Crippen molar-refractivity contribution in [2.24, 2.45) is 5.73 Å². The lowest BCUT2D eigenvalue weighted by molar-refractivity contribution is 0.1000. The number of nitrogens with zero attached hydrogens (tertiary/aromatic N) is 2. The van der Waals surface area contributed by atoms with Crippen molar-refractivity contribution < 1.29 is 9.90 Å². The van der Waals surface area contributed by atoms with Crippen molar-refractivity contribution in [2.75, 3.05) is 0 Å². The van der Waals surface area contributed by atoms with Gasteiger partial charge in [0.25, 0.3) is 0 Å². The number of nitrogens with two attached hydrogens (primary N) is 1. The molecular weight excluding hydrogens is 266 g/mol. The fourth-order valence-electron chi connectivity index (χ4n) is 2.33. The van der Waals surface area contributed by atoms with E-state index in [0.717, 1.165) is 11.1 Å². The van der Waals surface area contributed by atoms with Crippen LogP contribution in [0.15, 0.2) is 42.6 Å². The second kappa shape index (κ2) is 5.03. The molecule has 21 heavy (non-hydrogen) atoms. The molecule has 0 radical (unpaired) electrons. The summed E-state index contributed by atoms with van der Waals surface area (Å²) in [6.07, 6.45) is 1.61. The van der Waals surface area contributed by atoms with Gasteiger partial charge in [0.2, 0.25) is 5.91 Å². The second-order valence-electron chi connectivity index (χ2n) is 4.94. The second-order valence-corrected chi connectivity index (χ2v) is 4.94. The summed E-state index contributed by atoms with van der Waals surface area (Å²) in [4.78, 5) is 15.8. The highest BCUT2D eigenvalue weighted by molar-refractivity contribution is 5.92. The number of carbonyl (C=O) groups is 1. The minimum Gasteiger partial charge on any atom is -0.390 e. The Labute approximate surface area is 121 Å². The van der Waals surface area contributed by atoms with Crippen molar-refractivity contribution in [1.82, 2.24) is 9.38 Å². The first-order valence-electron chi connectivity index (χ1n) is 6.59. The molecule has 3 N–H and O–H groups in total. The Morgan fingerprint density at radius 1 is 1.24 bits per heavy atom. The highest BCUT2D eigenvalue weighted by Crippen LogP contribution is 2.25. The fraction of sp³-hybridized carbons (Fsp3) is 0.125. The van der Waals surface area contributed by atoms with Crippen LogP contribution in [0.4, 0.5) is 0 Å². The van der Waals surface area contributed by atoms with E-state index >= 15 is 0 Å². The van der Waals surface area contributed by atoms with Crippen LogP contribution in [0.25, 0.3) is 16.9 Å². The van der Waals surface area contributed by atoms with Gasteiger partial charge in [-0.1, -0.05) is 29.8 Å². The van der Waals surface area contributed by atoms with Crippen LogP contribution in [0.5, 0.6) is 0 Å². The molecule has 0 unspecified atom stereocenters. The van der Waals surface area contributed by atoms with Crippen molar-refractivity contribution in [3.63, 3.8) is 0 Å². The van der Waals surface area contributed by atoms with Gasteiger partial charge in [0, 0.05) is 11.8 Å². The monoisotopic (exact) mass is 281 g/mol. The smallest absolute Gasteiger partial charge is 0.250 e. The lowest BCUT2D eigenvalue weighted by Gasteiger charge is -2.03. The number of benzene rings is 1. The molecule has 0 aliphatic rings. The molecule has 1 aromatic carbocycles. The number of aliphatic hydroxyl groups is 1. The Balaban J connectivity index is 2.23. The van der Waals surface area contributed by atoms with Crippen LogP contribution in [-0.4, -0.2) is 20.4 Å². The average Bonchev–Trinajstić information content (AvgIpc) is 2.85. The van der Waals surface area contributed by atoms with Gasteiger partial charge >= 0.3 is 0 Å². The summed E-state index contributed by atoms with van der Waals surface area (Å²) >= 11 is 0. The summed E-state index contributed by atoms with van der Waals surface area (Å²) < 4.78 is 1.70. The number of imidazole rings is 1. The SMILES string of the molecule is Cc1ccc(-c2nc3ccc(C(N)=O)cn3c2CO)cc1. The largest absolute Gasteiger partial charge is 0.390 e. The number of aromatic nitrogens is 2. The number of carbonyl (C=O) groups excluding carboxylic acids is 1. The summed E-state index contributed by atoms with van der Waals surface area (Å²) in [6, 6.07) is 11.3. The third kappa shape index (κ3) is 2.28. The van der Waals surface area contributed by atoms with E-state index in [9.17, 15) is 9.90 Å². The summed E-state index contributed by atoms with van der Waals surface area (Å²) in [5.41, 5.74) is 9.77. The lowest BCUT2D eigenvalue weighted by atomic mass is 10.1. The van der Waals surface area contributed by atoms with Gasteiger partial charge < -0.3 is 15.2 Å². The number of aliphatic hydroxyl groups excluding tert-OH is 1. The van der Waals surface area contributed by atoms with Crippen molar-refractivity contribution in [3.8, 4) is 11.3 Å². The molecule has 0 saturated carbocycles. The van der Waals surface area contributed by atoms with Crippen molar-refractivity contribution in [2.45, 2.75) is 13.5 Å². The third-order valence-corrected chi connectivity index (χ3v) is 3.48. The van der Waals surface area contributed by atoms with Crippen molar-refractivity contribution >= 4 is 11.6 Å². The van der Waals surface area contributed by atoms with E-state index in [1.54, 1.807) is 22.7 Å². The molecule has 0 aliphatic heterocycles. The Kier molecular flexibility index (Phi) is 3.19. The number of hydrogen-bond donors (Lipinski definition) is 2. The molecule has 106 valence electrons. The Morgan fingerprint density at radius 3 is 2.57 bits per heavy atom. The van der Waals surface area contributed by atoms with E-state index in [1.807, 2.05) is 31.2 Å². The number of hydrogen-bond acceptors (Lipinski definition) is 3. The first-order chi connectivity index (χ1) is 10.1. The molecule has 0 atom stereocenters. The van der Waals surface area contributed by atoms with Gasteiger partial charge in [-0.25, -0.2) is 4.98 Å². The summed E-state index contributed by atoms with van der Waals surface area (Å²) in [7, 11) is 0. The molecule has 2 aromatic heterocycles. The lowest BCUT2D eigenvalue weighted by Crippen LogP contribution is -2.12. The predicted octanol–water partition coefficient (Wildman–Crippen LogP) is 1.90. The van der Waals surface area contributed by atoms with E-state index in [1.165, 1.54) is 0 Å². The fourth-order valence-corrected chi connectivity index (χ4v) is 2.33. The molecule has 2 heterocycles. The van der Waals surface area contributed by atoms with Gasteiger partial charge in [-0.3, -0.25) is 4.79 Å². The van der Waals surface area contributed by atoms with E-state index in [0.29, 0.717) is 22.6 Å². The number of primary amides is 1. The molecule has 0 saturated heterocycles. The summed E-state index contributed by atoms with van der Waals surface area (Å²) in [5.74, 6) is -0.508. The van der Waals surface area contributed by atoms with E-state index in [4.69, 9.17) is 5.73 Å². The van der Waals surface area contributed by atoms with Gasteiger partial charge in [-0.2, -0.15) is 0 Å². The summed E-state index contributed by atoms with van der Waals surface area (Å²) in [5, 5.41) is 9.67. The standard InChI is InChI=1S/C16H15N3O2/c1-10-2-4-11(5-3-10)15-13(9-20)19-8-12(16(17)21)6-7-14(19)18-15/h2-8,20H,9H2,1H3,(H2,17,21). The van der Waals surface area contributed by atoms with E-state index in [2.05, 4.69) is 4.98 Å². The zero-order chi connectivity index (χ0) is 15.0. The normalized spacial score (nSPS) is 11.0. The molecule has 3 aromatic rings. The minimum atomic E-state index is -0.508. The van der Waals surface area contributed by atoms with Crippen LogP contribution in [-0.2, 0) is 6.61 Å². The molecule has 0 aliphatic carbocycles. The molecule has 5 nitrogen and oxygen atoms in total. The predicted molar refractivity (Wildman–Crippen MR) is 79.8 cm³/mol. The first-order valence-corrected chi connectivity index (χ1v) is 6.59. The van der Waals surface area contributed by atoms with Crippen molar-refractivity contribution in [1.29, 1.82) is 0 Å². The maximum atomic E-state index is 11.3. The molecule has 5 heteroatoms. The van der Waals surface area contributed by atoms with Crippen LogP contribution in [0.2, 0.25) is 0 Å². The molecule has 0 bridgehead atoms. The van der Waals surface area contributed by atoms with Gasteiger partial charge in [-0.05, 0) is 19.1 Å². The zero-order valence-corrected chi connectivity index (χ0v) is 11.6. The third-order valence-electron chi connectivity index (χ3n) is 3.48. The highest BCUT2D eigenvalue weighted by Gasteiger charge is 2.14. The molecular formula is C16H15N3O2. The van der Waals surface area contributed by atoms with Crippen LogP contribution in [0.1, 0.15) is 21.6 Å². The van der Waals surface area contributed by atoms with Crippen LogP contribution in [0.3, 0.4) is 0 Å². The van der Waals surface area contributed by atoms with Gasteiger partial charge in [-0.15, -0.1) is 0 Å². The average molecular weight is 281 g/mol. The number of amides is 1. The van der Waals surface area contributed by atoms with Crippen LogP contribution < -0.4 is 5.73 Å². The van der Waals surface area contributed by atoms with E-state index in [-0.39, 0.29) is 6.61 Å². The number of pyridine rings is 1. The number of fused-ring (bicyclic) bond motifs is 1. The summed E-state index contributed by atoms with van der Waals surface area (Å²) in [6.45, 7) is 1.84. The number of aryl methyl sites for hydroxylation is 1. The maximum Gasteiger partial charge on any atom is 0.250 e. The molecule has 0 spiro atoms. The molecule has 0 fully saturated rings. The quantitative estimate of drug-likeness (QED) is 0.769. The molecule has 3 rings (SSSR count). The Bertz CT molecular complexity index is 819. The van der Waals surface area contributed by atoms with Crippen molar-refractivity contribution in [3.05, 3.63) is 59.4 Å². The van der Waals surface area contributed by atoms with Crippen LogP contribution in [0, 0.1) is 6.92 Å². The van der Waals surface area contributed by atoms with Gasteiger partial charge in [0.05, 0.1) is 23.6 Å². The topological polar surface area (TPSA) is 80.6 Å². The Morgan fingerprint density at radius 2 is 1.95 bits per heavy atom.